The van der Waals surface area contributed by atoms with Crippen molar-refractivity contribution in [2.45, 2.75) is 75.9 Å². The Morgan fingerprint density at radius 2 is 1.33 bits per heavy atom. The van der Waals surface area contributed by atoms with E-state index in [0.717, 1.165) is 12.8 Å². The summed E-state index contributed by atoms with van der Waals surface area (Å²) in [4.78, 5) is 60.9. The normalized spacial score (nSPS) is 14.5. The van der Waals surface area contributed by atoms with Gasteiger partial charge in [-0.25, -0.2) is 0 Å². The van der Waals surface area contributed by atoms with E-state index < -0.39 is 11.9 Å². The average Bonchev–Trinajstić information content (AvgIpc) is 3.64. The number of rotatable bonds is 21. The Morgan fingerprint density at radius 1 is 0.833 bits per heavy atom. The molecule has 0 spiro atoms. The number of hydrogen-bond acceptors (Lipinski definition) is 8. The molecule has 1 aliphatic carbocycles. The largest absolute Gasteiger partial charge is 0.368 e. The van der Waals surface area contributed by atoms with Crippen molar-refractivity contribution < 1.29 is 24.0 Å². The molecule has 36 heavy (non-hydrogen) atoms. The highest BCUT2D eigenvalue weighted by Gasteiger charge is 2.26. The second kappa shape index (κ2) is 17.6. The number of hydrogen-bond donors (Lipinski definition) is 7. The Bertz CT molecular complexity index is 731. The van der Waals surface area contributed by atoms with Gasteiger partial charge in [-0.05, 0) is 58.4 Å². The fourth-order valence-corrected chi connectivity index (χ4v) is 3.65. The molecule has 0 aromatic heterocycles. The molecule has 1 rings (SSSR count). The van der Waals surface area contributed by atoms with Crippen LogP contribution in [0.3, 0.4) is 0 Å². The second-order valence-electron chi connectivity index (χ2n) is 9.12. The molecule has 5 amide bonds. The van der Waals surface area contributed by atoms with Gasteiger partial charge in [0.25, 0.3) is 0 Å². The van der Waals surface area contributed by atoms with Gasteiger partial charge in [0.1, 0.15) is 13.1 Å². The first-order valence-corrected chi connectivity index (χ1v) is 12.7. The van der Waals surface area contributed by atoms with Crippen LogP contribution in [0.1, 0.15) is 57.8 Å². The van der Waals surface area contributed by atoms with Crippen molar-refractivity contribution >= 4 is 29.5 Å². The van der Waals surface area contributed by atoms with Gasteiger partial charge in [-0.1, -0.05) is 0 Å². The van der Waals surface area contributed by atoms with E-state index in [1.165, 1.54) is 4.90 Å². The van der Waals surface area contributed by atoms with Crippen LogP contribution in [-0.2, 0) is 24.0 Å². The molecule has 13 heteroatoms. The number of carbonyl (C=O) groups is 5. The maximum Gasteiger partial charge on any atom is 0.239 e. The fraction of sp³-hybridized carbons (Fsp3) is 0.783. The lowest BCUT2D eigenvalue weighted by molar-refractivity contribution is -0.139. The van der Waals surface area contributed by atoms with Crippen LogP contribution in [0.25, 0.3) is 0 Å². The van der Waals surface area contributed by atoms with E-state index in [-0.39, 0.29) is 55.7 Å². The van der Waals surface area contributed by atoms with Crippen molar-refractivity contribution in [3.05, 3.63) is 0 Å². The van der Waals surface area contributed by atoms with Crippen LogP contribution in [0.2, 0.25) is 0 Å². The molecule has 1 saturated carbocycles. The first kappa shape index (κ1) is 31.3. The molecular weight excluding hydrogens is 468 g/mol. The average molecular weight is 513 g/mol. The zero-order chi connectivity index (χ0) is 26.9. The van der Waals surface area contributed by atoms with Gasteiger partial charge in [0.15, 0.2) is 0 Å². The molecule has 10 N–H and O–H groups in total. The van der Waals surface area contributed by atoms with Crippen LogP contribution >= 0.6 is 0 Å². The number of nitrogens with zero attached hydrogens (tertiary/aromatic N) is 1. The van der Waals surface area contributed by atoms with E-state index in [1.807, 2.05) is 0 Å². The molecular formula is C23H44N8O5. The van der Waals surface area contributed by atoms with Gasteiger partial charge in [0.2, 0.25) is 29.5 Å². The molecule has 0 aliphatic heterocycles. The van der Waals surface area contributed by atoms with E-state index in [4.69, 9.17) is 17.2 Å². The number of nitrogens with two attached hydrogens (primary N) is 3. The fourth-order valence-electron chi connectivity index (χ4n) is 3.65. The summed E-state index contributed by atoms with van der Waals surface area (Å²) in [5, 5.41) is 11.5. The number of primary amides is 2. The van der Waals surface area contributed by atoms with E-state index >= 15 is 0 Å². The number of likely N-dealkylation sites (N-methyl/N-ethyl adjacent to an activating group) is 1. The number of amides is 5. The maximum absolute atomic E-state index is 12.4. The van der Waals surface area contributed by atoms with Crippen LogP contribution in [0.5, 0.6) is 0 Å². The van der Waals surface area contributed by atoms with Crippen molar-refractivity contribution in [2.24, 2.45) is 17.2 Å². The van der Waals surface area contributed by atoms with Gasteiger partial charge in [-0.15, -0.1) is 0 Å². The summed E-state index contributed by atoms with van der Waals surface area (Å²) in [6.07, 6.45) is 6.00. The van der Waals surface area contributed by atoms with Crippen LogP contribution in [0, 0.1) is 0 Å². The van der Waals surface area contributed by atoms with E-state index in [2.05, 4.69) is 21.3 Å². The minimum atomic E-state index is -0.422. The van der Waals surface area contributed by atoms with Gasteiger partial charge in [-0.2, -0.15) is 0 Å². The first-order chi connectivity index (χ1) is 17.2. The molecule has 1 fully saturated rings. The molecule has 206 valence electrons. The summed E-state index contributed by atoms with van der Waals surface area (Å²) in [5.41, 5.74) is 16.2. The predicted octanol–water partition coefficient (Wildman–Crippen LogP) is -2.58. The minimum Gasteiger partial charge on any atom is -0.368 e. The highest BCUT2D eigenvalue weighted by atomic mass is 16.2. The number of nitrogens with one attached hydrogen (secondary N) is 4. The van der Waals surface area contributed by atoms with Gasteiger partial charge in [0, 0.05) is 32.1 Å². The molecule has 0 heterocycles. The quantitative estimate of drug-likeness (QED) is 0.0808. The van der Waals surface area contributed by atoms with Crippen molar-refractivity contribution in [1.29, 1.82) is 0 Å². The summed E-state index contributed by atoms with van der Waals surface area (Å²) < 4.78 is 0. The number of carbonyl (C=O) groups excluding carboxylic acids is 5. The van der Waals surface area contributed by atoms with Crippen LogP contribution in [-0.4, -0.2) is 92.3 Å². The van der Waals surface area contributed by atoms with Gasteiger partial charge in [0.05, 0.1) is 12.1 Å². The standard InChI is InChI=1S/C23H44N8O5/c1-27-17(22(25)35)6-2-4-12-28-19(32)14-31(21(34)10-11-24)15-20(33)29-13-5-3-7-18(23(26)36)30-16-8-9-16/h16-18,27,30H,2-15,24H2,1H3,(H2,25,35)(H2,26,36)(H,28,32)(H,29,33). The van der Waals surface area contributed by atoms with Gasteiger partial charge < -0.3 is 43.4 Å². The molecule has 13 nitrogen and oxygen atoms in total. The summed E-state index contributed by atoms with van der Waals surface area (Å²) >= 11 is 0. The number of unbranched alkanes of at least 4 members (excludes halogenated alkanes) is 2. The van der Waals surface area contributed by atoms with E-state index in [0.29, 0.717) is 57.7 Å². The molecule has 0 aromatic rings. The Hall–Kier alpha value is -2.77. The van der Waals surface area contributed by atoms with Crippen LogP contribution in [0.4, 0.5) is 0 Å². The SMILES string of the molecule is CNC(CCCCNC(=O)CN(CC(=O)NCCCCC(NC1CC1)C(N)=O)C(=O)CCN)C(N)=O. The monoisotopic (exact) mass is 512 g/mol. The summed E-state index contributed by atoms with van der Waals surface area (Å²) in [6, 6.07) is -0.388. The molecule has 2 atom stereocenters. The predicted molar refractivity (Wildman–Crippen MR) is 135 cm³/mol. The summed E-state index contributed by atoms with van der Waals surface area (Å²) in [5.74, 6) is -1.92. The third-order valence-corrected chi connectivity index (χ3v) is 5.91. The Balaban J connectivity index is 2.33. The molecule has 0 radical (unpaired) electrons. The van der Waals surface area contributed by atoms with Gasteiger partial charge >= 0.3 is 0 Å². The van der Waals surface area contributed by atoms with Crippen molar-refractivity contribution in [3.8, 4) is 0 Å². The van der Waals surface area contributed by atoms with E-state index in [9.17, 15) is 24.0 Å². The highest BCUT2D eigenvalue weighted by Crippen LogP contribution is 2.20. The lowest BCUT2D eigenvalue weighted by Crippen LogP contribution is -2.46. The third kappa shape index (κ3) is 14.0. The topological polar surface area (TPSA) is 215 Å². The lowest BCUT2D eigenvalue weighted by Gasteiger charge is -2.22. The van der Waals surface area contributed by atoms with Gasteiger partial charge in [-0.3, -0.25) is 24.0 Å². The van der Waals surface area contributed by atoms with Crippen LogP contribution in [0.15, 0.2) is 0 Å². The molecule has 0 saturated heterocycles. The maximum atomic E-state index is 12.4. The minimum absolute atomic E-state index is 0.0293. The molecule has 1 aliphatic rings. The Kier molecular flexibility index (Phi) is 15.3. The lowest BCUT2D eigenvalue weighted by atomic mass is 10.1. The molecule has 0 aromatic carbocycles. The smallest absolute Gasteiger partial charge is 0.239 e. The zero-order valence-electron chi connectivity index (χ0n) is 21.4. The second-order valence-corrected chi connectivity index (χ2v) is 9.12. The van der Waals surface area contributed by atoms with Crippen molar-refractivity contribution in [2.75, 3.05) is 39.8 Å². The Morgan fingerprint density at radius 3 is 1.75 bits per heavy atom. The molecule has 0 bridgehead atoms. The van der Waals surface area contributed by atoms with Crippen LogP contribution < -0.4 is 38.5 Å². The Labute approximate surface area is 213 Å². The highest BCUT2D eigenvalue weighted by molar-refractivity contribution is 5.89. The molecule has 2 unspecified atom stereocenters. The van der Waals surface area contributed by atoms with Crippen molar-refractivity contribution in [3.63, 3.8) is 0 Å². The van der Waals surface area contributed by atoms with E-state index in [1.54, 1.807) is 7.05 Å². The first-order valence-electron chi connectivity index (χ1n) is 12.7. The third-order valence-electron chi connectivity index (χ3n) is 5.91. The summed E-state index contributed by atoms with van der Waals surface area (Å²) in [6.45, 7) is 0.376. The van der Waals surface area contributed by atoms with Crippen molar-refractivity contribution in [1.82, 2.24) is 26.2 Å². The summed E-state index contributed by atoms with van der Waals surface area (Å²) in [7, 11) is 1.66. The zero-order valence-corrected chi connectivity index (χ0v) is 21.4.